The summed E-state index contributed by atoms with van der Waals surface area (Å²) in [5.41, 5.74) is 3.06. The third kappa shape index (κ3) is 4.74. The third-order valence-corrected chi connectivity index (χ3v) is 4.31. The van der Waals surface area contributed by atoms with Crippen LogP contribution >= 0.6 is 22.9 Å². The lowest BCUT2D eigenvalue weighted by atomic mass is 10.2. The van der Waals surface area contributed by atoms with Gasteiger partial charge in [-0.3, -0.25) is 4.79 Å². The molecule has 0 radical (unpaired) electrons. The second kappa shape index (κ2) is 7.58. The van der Waals surface area contributed by atoms with Crippen molar-refractivity contribution in [3.8, 4) is 0 Å². The molecule has 1 aromatic carbocycles. The van der Waals surface area contributed by atoms with Crippen molar-refractivity contribution in [2.75, 3.05) is 5.32 Å². The van der Waals surface area contributed by atoms with E-state index in [2.05, 4.69) is 25.6 Å². The summed E-state index contributed by atoms with van der Waals surface area (Å²) in [6.45, 7) is 4.21. The largest absolute Gasteiger partial charge is 0.347 e. The van der Waals surface area contributed by atoms with Crippen molar-refractivity contribution < 1.29 is 4.79 Å². The lowest BCUT2D eigenvalue weighted by Gasteiger charge is -2.04. The van der Waals surface area contributed by atoms with E-state index in [-0.39, 0.29) is 5.91 Å². The highest BCUT2D eigenvalue weighted by atomic mass is 35.5. The Morgan fingerprint density at radius 1 is 1.12 bits per heavy atom. The van der Waals surface area contributed by atoms with Gasteiger partial charge < -0.3 is 10.6 Å². The van der Waals surface area contributed by atoms with Gasteiger partial charge in [-0.2, -0.15) is 0 Å². The highest BCUT2D eigenvalue weighted by molar-refractivity contribution is 7.14. The van der Waals surface area contributed by atoms with Crippen molar-refractivity contribution in [1.29, 1.82) is 0 Å². The molecule has 0 spiro atoms. The molecule has 2 N–H and O–H groups in total. The smallest absolute Gasteiger partial charge is 0.271 e. The minimum absolute atomic E-state index is 0.236. The number of halogens is 1. The van der Waals surface area contributed by atoms with E-state index in [1.807, 2.05) is 32.0 Å². The van der Waals surface area contributed by atoms with Crippen molar-refractivity contribution in [1.82, 2.24) is 20.3 Å². The van der Waals surface area contributed by atoms with Crippen LogP contribution in [0.15, 0.2) is 35.7 Å². The average Bonchev–Trinajstić information content (AvgIpc) is 3.01. The Labute approximate surface area is 154 Å². The number of amides is 1. The molecule has 0 aliphatic carbocycles. The zero-order valence-electron chi connectivity index (χ0n) is 13.7. The molecule has 0 atom stereocenters. The van der Waals surface area contributed by atoms with Crippen LogP contribution in [0.4, 0.5) is 11.1 Å². The van der Waals surface area contributed by atoms with E-state index >= 15 is 0 Å². The fourth-order valence-electron chi connectivity index (χ4n) is 2.19. The molecule has 0 saturated carbocycles. The Morgan fingerprint density at radius 3 is 2.48 bits per heavy atom. The summed E-state index contributed by atoms with van der Waals surface area (Å²) >= 11 is 7.17. The molecule has 0 aliphatic heterocycles. The monoisotopic (exact) mass is 373 g/mol. The normalized spacial score (nSPS) is 10.5. The van der Waals surface area contributed by atoms with Crippen molar-refractivity contribution >= 4 is 39.9 Å². The van der Waals surface area contributed by atoms with Crippen molar-refractivity contribution in [3.05, 3.63) is 63.4 Å². The molecule has 2 heterocycles. The number of aryl methyl sites for hydroxylation is 2. The van der Waals surface area contributed by atoms with Gasteiger partial charge in [-0.05, 0) is 37.6 Å². The molecule has 25 heavy (non-hydrogen) atoms. The molecule has 0 aliphatic rings. The standard InChI is InChI=1S/C17H16ClN5OS/c1-10-7-11(2)21-16(20-10)23-17-22-14(9-25-17)15(24)19-8-12-3-5-13(18)6-4-12/h3-7,9H,8H2,1-2H3,(H,19,24)(H,20,21,22,23). The Bertz CT molecular complexity index is 874. The fourth-order valence-corrected chi connectivity index (χ4v) is 3.00. The van der Waals surface area contributed by atoms with Crippen LogP contribution in [-0.2, 0) is 6.54 Å². The van der Waals surface area contributed by atoms with E-state index in [0.717, 1.165) is 17.0 Å². The van der Waals surface area contributed by atoms with Gasteiger partial charge in [0.25, 0.3) is 5.91 Å². The molecule has 0 bridgehead atoms. The van der Waals surface area contributed by atoms with E-state index in [1.165, 1.54) is 11.3 Å². The van der Waals surface area contributed by atoms with E-state index in [0.29, 0.717) is 28.3 Å². The van der Waals surface area contributed by atoms with Crippen LogP contribution in [0.5, 0.6) is 0 Å². The molecule has 128 valence electrons. The first-order valence-corrected chi connectivity index (χ1v) is 8.83. The molecule has 2 aromatic heterocycles. The number of rotatable bonds is 5. The minimum Gasteiger partial charge on any atom is -0.347 e. The topological polar surface area (TPSA) is 79.8 Å². The number of hydrogen-bond donors (Lipinski definition) is 2. The summed E-state index contributed by atoms with van der Waals surface area (Å²) in [6, 6.07) is 9.21. The zero-order chi connectivity index (χ0) is 17.8. The minimum atomic E-state index is -0.236. The quantitative estimate of drug-likeness (QED) is 0.709. The maximum atomic E-state index is 12.2. The Balaban J connectivity index is 1.62. The molecule has 3 rings (SSSR count). The molecule has 8 heteroatoms. The second-order valence-electron chi connectivity index (χ2n) is 5.45. The Hall–Kier alpha value is -2.51. The highest BCUT2D eigenvalue weighted by Gasteiger charge is 2.11. The zero-order valence-corrected chi connectivity index (χ0v) is 15.3. The van der Waals surface area contributed by atoms with Gasteiger partial charge in [0.05, 0.1) is 0 Å². The molecule has 3 aromatic rings. The molecule has 0 fully saturated rings. The predicted octanol–water partition coefficient (Wildman–Crippen LogP) is 3.88. The summed E-state index contributed by atoms with van der Waals surface area (Å²) in [4.78, 5) is 25.1. The second-order valence-corrected chi connectivity index (χ2v) is 6.74. The first kappa shape index (κ1) is 17.3. The van der Waals surface area contributed by atoms with E-state index < -0.39 is 0 Å². The number of thiazole rings is 1. The van der Waals surface area contributed by atoms with Crippen molar-refractivity contribution in [2.24, 2.45) is 0 Å². The first-order valence-electron chi connectivity index (χ1n) is 7.57. The summed E-state index contributed by atoms with van der Waals surface area (Å²) in [5.74, 6) is 0.237. The number of hydrogen-bond acceptors (Lipinski definition) is 6. The van der Waals surface area contributed by atoms with Crippen LogP contribution < -0.4 is 10.6 Å². The van der Waals surface area contributed by atoms with Crippen LogP contribution in [0.25, 0.3) is 0 Å². The van der Waals surface area contributed by atoms with E-state index in [1.54, 1.807) is 17.5 Å². The maximum absolute atomic E-state index is 12.2. The number of benzene rings is 1. The number of carbonyl (C=O) groups excluding carboxylic acids is 1. The summed E-state index contributed by atoms with van der Waals surface area (Å²) < 4.78 is 0. The van der Waals surface area contributed by atoms with Gasteiger partial charge in [0, 0.05) is 28.3 Å². The number of aromatic nitrogens is 3. The maximum Gasteiger partial charge on any atom is 0.271 e. The summed E-state index contributed by atoms with van der Waals surface area (Å²) in [6.07, 6.45) is 0. The van der Waals surface area contributed by atoms with E-state index in [9.17, 15) is 4.79 Å². The molecule has 6 nitrogen and oxygen atoms in total. The molecule has 0 unspecified atom stereocenters. The van der Waals surface area contributed by atoms with Crippen molar-refractivity contribution in [2.45, 2.75) is 20.4 Å². The first-order chi connectivity index (χ1) is 12.0. The van der Waals surface area contributed by atoms with Crippen LogP contribution in [-0.4, -0.2) is 20.9 Å². The van der Waals surface area contributed by atoms with Crippen LogP contribution in [0.3, 0.4) is 0 Å². The van der Waals surface area contributed by atoms with Gasteiger partial charge >= 0.3 is 0 Å². The third-order valence-electron chi connectivity index (χ3n) is 3.30. The van der Waals surface area contributed by atoms with Gasteiger partial charge in [0.2, 0.25) is 5.95 Å². The van der Waals surface area contributed by atoms with Crippen molar-refractivity contribution in [3.63, 3.8) is 0 Å². The number of carbonyl (C=O) groups is 1. The van der Waals surface area contributed by atoms with Gasteiger partial charge in [-0.1, -0.05) is 23.7 Å². The fraction of sp³-hybridized carbons (Fsp3) is 0.176. The molecular formula is C17H16ClN5OS. The Morgan fingerprint density at radius 2 is 1.80 bits per heavy atom. The highest BCUT2D eigenvalue weighted by Crippen LogP contribution is 2.19. The summed E-state index contributed by atoms with van der Waals surface area (Å²) in [5, 5.41) is 8.80. The number of nitrogens with zero attached hydrogens (tertiary/aromatic N) is 3. The molecule has 1 amide bonds. The lowest BCUT2D eigenvalue weighted by molar-refractivity contribution is 0.0946. The average molecular weight is 374 g/mol. The van der Waals surface area contributed by atoms with E-state index in [4.69, 9.17) is 11.6 Å². The van der Waals surface area contributed by atoms with Gasteiger partial charge in [-0.25, -0.2) is 15.0 Å². The molecular weight excluding hydrogens is 358 g/mol. The van der Waals surface area contributed by atoms with Gasteiger partial charge in [-0.15, -0.1) is 11.3 Å². The summed E-state index contributed by atoms with van der Waals surface area (Å²) in [7, 11) is 0. The number of anilines is 2. The van der Waals surface area contributed by atoms with Crippen LogP contribution in [0, 0.1) is 13.8 Å². The number of nitrogens with one attached hydrogen (secondary N) is 2. The van der Waals surface area contributed by atoms with Gasteiger partial charge in [0.15, 0.2) is 5.13 Å². The lowest BCUT2D eigenvalue weighted by Crippen LogP contribution is -2.23. The van der Waals surface area contributed by atoms with Crippen LogP contribution in [0.2, 0.25) is 5.02 Å². The molecule has 0 saturated heterocycles. The SMILES string of the molecule is Cc1cc(C)nc(Nc2nc(C(=O)NCc3ccc(Cl)cc3)cs2)n1. The van der Waals surface area contributed by atoms with Gasteiger partial charge in [0.1, 0.15) is 5.69 Å². The van der Waals surface area contributed by atoms with Crippen LogP contribution in [0.1, 0.15) is 27.4 Å². The Kier molecular flexibility index (Phi) is 5.25. The predicted molar refractivity (Wildman–Crippen MR) is 99.5 cm³/mol.